The van der Waals surface area contributed by atoms with Crippen LogP contribution in [0.4, 0.5) is 16.0 Å². The lowest BCUT2D eigenvalue weighted by Crippen LogP contribution is -2.18. The first-order valence-corrected chi connectivity index (χ1v) is 12.9. The molecule has 3 N–H and O–H groups in total. The Balaban J connectivity index is 1.18. The van der Waals surface area contributed by atoms with Crippen LogP contribution in [0.1, 0.15) is 35.2 Å². The summed E-state index contributed by atoms with van der Waals surface area (Å²) in [6, 6.07) is 29.3. The average molecular weight is 522 g/mol. The summed E-state index contributed by atoms with van der Waals surface area (Å²) < 4.78 is 13.4. The monoisotopic (exact) mass is 521 g/mol. The quantitative estimate of drug-likeness (QED) is 0.157. The first kappa shape index (κ1) is 25.9. The maximum atomic E-state index is 13.4. The zero-order chi connectivity index (χ0) is 27.2. The van der Waals surface area contributed by atoms with Crippen LogP contribution < -0.4 is 5.32 Å². The number of hydrogen-bond acceptors (Lipinski definition) is 4. The summed E-state index contributed by atoms with van der Waals surface area (Å²) in [5.74, 6) is -1.62. The molecular formula is C32H28FN3O3. The van der Waals surface area contributed by atoms with Gasteiger partial charge in [-0.25, -0.2) is 9.37 Å². The van der Waals surface area contributed by atoms with Crippen LogP contribution in [0, 0.1) is 11.7 Å². The lowest BCUT2D eigenvalue weighted by molar-refractivity contribution is -0.141. The smallest absolute Gasteiger partial charge is 0.306 e. The standard InChI is InChI=1S/C32H28FN3O3/c33-26-15-18-28-29(20-26)36-32(35-28)34-27-16-13-23(14-17-27)22-9-11-24(12-10-22)30(37)19-25(31(38)39)8-4-7-21-5-2-1-3-6-21/h1-3,5-6,9-18,20,25H,4,7-8,19H2,(H,38,39)(H2,34,35,36). The van der Waals surface area contributed by atoms with E-state index in [4.69, 9.17) is 0 Å². The van der Waals surface area contributed by atoms with E-state index in [9.17, 15) is 19.1 Å². The number of Topliss-reactive ketones (excluding diaryl/α,β-unsaturated/α-hetero) is 1. The molecule has 0 amide bonds. The molecule has 6 nitrogen and oxygen atoms in total. The van der Waals surface area contributed by atoms with E-state index in [2.05, 4.69) is 15.3 Å². The fourth-order valence-corrected chi connectivity index (χ4v) is 4.62. The number of aliphatic carboxylic acids is 1. The molecule has 0 bridgehead atoms. The number of rotatable bonds is 11. The van der Waals surface area contributed by atoms with Gasteiger partial charge in [0.25, 0.3) is 0 Å². The molecule has 0 radical (unpaired) electrons. The fraction of sp³-hybridized carbons (Fsp3) is 0.156. The molecule has 4 aromatic carbocycles. The number of carboxylic acid groups (broad SMARTS) is 1. The second-order valence-electron chi connectivity index (χ2n) is 9.57. The molecule has 1 heterocycles. The number of aromatic amines is 1. The minimum absolute atomic E-state index is 0.0156. The lowest BCUT2D eigenvalue weighted by Gasteiger charge is -2.12. The van der Waals surface area contributed by atoms with Crippen molar-refractivity contribution in [2.45, 2.75) is 25.7 Å². The van der Waals surface area contributed by atoms with Gasteiger partial charge in [-0.15, -0.1) is 0 Å². The SMILES string of the molecule is O=C(CC(CCCc1ccccc1)C(=O)O)c1ccc(-c2ccc(Nc3nc4cc(F)ccc4[nH]3)cc2)cc1. The summed E-state index contributed by atoms with van der Waals surface area (Å²) in [4.78, 5) is 32.1. The van der Waals surface area contributed by atoms with Gasteiger partial charge >= 0.3 is 5.97 Å². The Kier molecular flexibility index (Phi) is 7.78. The number of nitrogens with zero attached hydrogens (tertiary/aromatic N) is 1. The minimum atomic E-state index is -0.934. The van der Waals surface area contributed by atoms with Gasteiger partial charge in [0.05, 0.1) is 17.0 Å². The highest BCUT2D eigenvalue weighted by atomic mass is 19.1. The molecule has 7 heteroatoms. The van der Waals surface area contributed by atoms with Crippen molar-refractivity contribution in [3.05, 3.63) is 114 Å². The largest absolute Gasteiger partial charge is 0.481 e. The van der Waals surface area contributed by atoms with Crippen molar-refractivity contribution in [2.75, 3.05) is 5.32 Å². The second kappa shape index (κ2) is 11.7. The summed E-state index contributed by atoms with van der Waals surface area (Å²) in [6.07, 6.45) is 1.95. The van der Waals surface area contributed by atoms with Crippen molar-refractivity contribution in [2.24, 2.45) is 5.92 Å². The van der Waals surface area contributed by atoms with Gasteiger partial charge in [-0.2, -0.15) is 0 Å². The molecule has 1 aromatic heterocycles. The number of carbonyl (C=O) groups is 2. The number of aryl methyl sites for hydroxylation is 1. The number of ketones is 1. The Labute approximate surface area is 225 Å². The Morgan fingerprint density at radius 1 is 0.897 bits per heavy atom. The van der Waals surface area contributed by atoms with Gasteiger partial charge in [-0.05, 0) is 60.2 Å². The third kappa shape index (κ3) is 6.57. The van der Waals surface area contributed by atoms with Crippen molar-refractivity contribution in [1.82, 2.24) is 9.97 Å². The van der Waals surface area contributed by atoms with Crippen LogP contribution >= 0.6 is 0 Å². The van der Waals surface area contributed by atoms with Gasteiger partial charge in [0, 0.05) is 23.7 Å². The zero-order valence-electron chi connectivity index (χ0n) is 21.2. The van der Waals surface area contributed by atoms with Crippen LogP contribution in [0.25, 0.3) is 22.2 Å². The van der Waals surface area contributed by atoms with Crippen LogP contribution in [0.15, 0.2) is 97.1 Å². The van der Waals surface area contributed by atoms with E-state index in [-0.39, 0.29) is 18.0 Å². The highest BCUT2D eigenvalue weighted by Crippen LogP contribution is 2.25. The van der Waals surface area contributed by atoms with E-state index in [1.165, 1.54) is 17.7 Å². The third-order valence-corrected chi connectivity index (χ3v) is 6.77. The van der Waals surface area contributed by atoms with Crippen molar-refractivity contribution in [3.8, 4) is 11.1 Å². The van der Waals surface area contributed by atoms with Crippen molar-refractivity contribution in [1.29, 1.82) is 0 Å². The molecule has 5 aromatic rings. The number of carbonyl (C=O) groups excluding carboxylic acids is 1. The Morgan fingerprint density at radius 2 is 1.59 bits per heavy atom. The number of hydrogen-bond donors (Lipinski definition) is 3. The summed E-state index contributed by atoms with van der Waals surface area (Å²) in [5.41, 5.74) is 5.69. The van der Waals surface area contributed by atoms with Gasteiger partial charge in [-0.3, -0.25) is 9.59 Å². The lowest BCUT2D eigenvalue weighted by atomic mass is 9.92. The maximum Gasteiger partial charge on any atom is 0.306 e. The van der Waals surface area contributed by atoms with Gasteiger partial charge in [-0.1, -0.05) is 66.7 Å². The molecule has 1 atom stereocenters. The predicted molar refractivity (Wildman–Crippen MR) is 151 cm³/mol. The number of fused-ring (bicyclic) bond motifs is 1. The van der Waals surface area contributed by atoms with E-state index in [1.54, 1.807) is 18.2 Å². The van der Waals surface area contributed by atoms with Gasteiger partial charge in [0.2, 0.25) is 5.95 Å². The van der Waals surface area contributed by atoms with Gasteiger partial charge in [0.15, 0.2) is 5.78 Å². The van der Waals surface area contributed by atoms with Crippen molar-refractivity contribution < 1.29 is 19.1 Å². The van der Waals surface area contributed by atoms with Crippen molar-refractivity contribution >= 4 is 34.4 Å². The molecule has 1 unspecified atom stereocenters. The zero-order valence-corrected chi connectivity index (χ0v) is 21.2. The summed E-state index contributed by atoms with van der Waals surface area (Å²) in [5, 5.41) is 12.8. The van der Waals surface area contributed by atoms with Crippen molar-refractivity contribution in [3.63, 3.8) is 0 Å². The van der Waals surface area contributed by atoms with E-state index in [0.29, 0.717) is 29.9 Å². The number of anilines is 2. The molecule has 5 rings (SSSR count). The maximum absolute atomic E-state index is 13.4. The Bertz CT molecular complexity index is 1580. The number of nitrogens with one attached hydrogen (secondary N) is 2. The molecular weight excluding hydrogens is 493 g/mol. The fourth-order valence-electron chi connectivity index (χ4n) is 4.62. The van der Waals surface area contributed by atoms with Gasteiger partial charge < -0.3 is 15.4 Å². The van der Waals surface area contributed by atoms with Crippen LogP contribution in [-0.4, -0.2) is 26.8 Å². The van der Waals surface area contributed by atoms with E-state index < -0.39 is 11.9 Å². The first-order chi connectivity index (χ1) is 18.9. The minimum Gasteiger partial charge on any atom is -0.481 e. The molecule has 39 heavy (non-hydrogen) atoms. The molecule has 0 saturated heterocycles. The molecule has 0 saturated carbocycles. The molecule has 0 aliphatic heterocycles. The van der Waals surface area contributed by atoms with E-state index >= 15 is 0 Å². The molecule has 196 valence electrons. The number of halogens is 1. The van der Waals surface area contributed by atoms with E-state index in [1.807, 2.05) is 66.7 Å². The van der Waals surface area contributed by atoms with Crippen LogP contribution in [-0.2, 0) is 11.2 Å². The number of carboxylic acids is 1. The molecule has 0 spiro atoms. The summed E-state index contributed by atoms with van der Waals surface area (Å²) >= 11 is 0. The number of H-pyrrole nitrogens is 1. The Hall–Kier alpha value is -4.78. The third-order valence-electron chi connectivity index (χ3n) is 6.77. The summed E-state index contributed by atoms with van der Waals surface area (Å²) in [6.45, 7) is 0. The highest BCUT2D eigenvalue weighted by molar-refractivity contribution is 5.98. The number of imidazole rings is 1. The number of aromatic nitrogens is 2. The topological polar surface area (TPSA) is 95.1 Å². The Morgan fingerprint density at radius 3 is 2.28 bits per heavy atom. The molecule has 0 aliphatic carbocycles. The average Bonchev–Trinajstić information content (AvgIpc) is 3.34. The molecule has 0 fully saturated rings. The van der Waals surface area contributed by atoms with E-state index in [0.717, 1.165) is 28.8 Å². The normalized spacial score (nSPS) is 11.8. The van der Waals surface area contributed by atoms with Gasteiger partial charge in [0.1, 0.15) is 5.82 Å². The number of benzene rings is 4. The predicted octanol–water partition coefficient (Wildman–Crippen LogP) is 7.41. The molecule has 0 aliphatic rings. The summed E-state index contributed by atoms with van der Waals surface area (Å²) in [7, 11) is 0. The van der Waals surface area contributed by atoms with Crippen LogP contribution in [0.2, 0.25) is 0 Å². The first-order valence-electron chi connectivity index (χ1n) is 12.9. The van der Waals surface area contributed by atoms with Crippen LogP contribution in [0.3, 0.4) is 0 Å². The highest BCUT2D eigenvalue weighted by Gasteiger charge is 2.21. The second-order valence-corrected chi connectivity index (χ2v) is 9.57. The van der Waals surface area contributed by atoms with Crippen LogP contribution in [0.5, 0.6) is 0 Å².